The van der Waals surface area contributed by atoms with Gasteiger partial charge in [0.2, 0.25) is 0 Å². The van der Waals surface area contributed by atoms with Gasteiger partial charge in [-0.25, -0.2) is 0 Å². The monoisotopic (exact) mass is 485 g/mol. The fourth-order valence-corrected chi connectivity index (χ4v) is 3.70. The molecule has 32 heavy (non-hydrogen) atoms. The van der Waals surface area contributed by atoms with Crippen LogP contribution in [0.1, 0.15) is 110 Å². The predicted molar refractivity (Wildman–Crippen MR) is 124 cm³/mol. The molecule has 0 fully saturated rings. The van der Waals surface area contributed by atoms with Gasteiger partial charge >= 0.3 is 0 Å². The Morgan fingerprint density at radius 1 is 0.469 bits per heavy atom. The zero-order valence-electron chi connectivity index (χ0n) is 20.7. The van der Waals surface area contributed by atoms with E-state index in [9.17, 15) is 0 Å². The SMILES string of the molecule is CCCCCCCCCCCCCCCCCC[N+](OCCO)(OCCO)OCCO.[Cl-]. The van der Waals surface area contributed by atoms with E-state index in [1.165, 1.54) is 83.5 Å². The van der Waals surface area contributed by atoms with Crippen molar-refractivity contribution in [1.82, 2.24) is 0 Å². The van der Waals surface area contributed by atoms with Gasteiger partial charge in [0.25, 0.3) is 0 Å². The maximum absolute atomic E-state index is 9.05. The summed E-state index contributed by atoms with van der Waals surface area (Å²) in [6, 6.07) is 0. The van der Waals surface area contributed by atoms with E-state index >= 15 is 0 Å². The van der Waals surface area contributed by atoms with Crippen LogP contribution in [-0.4, -0.2) is 66.5 Å². The Hall–Kier alpha value is 0.01000. The van der Waals surface area contributed by atoms with Crippen molar-refractivity contribution in [2.24, 2.45) is 0 Å². The summed E-state index contributed by atoms with van der Waals surface area (Å²) in [5.41, 5.74) is 0. The summed E-state index contributed by atoms with van der Waals surface area (Å²) in [4.78, 5) is 16.0. The Labute approximate surface area is 203 Å². The van der Waals surface area contributed by atoms with Gasteiger partial charge < -0.3 is 27.7 Å². The van der Waals surface area contributed by atoms with Gasteiger partial charge in [0.05, 0.1) is 24.8 Å². The van der Waals surface area contributed by atoms with E-state index in [0.29, 0.717) is 6.54 Å². The molecule has 0 radical (unpaired) electrons. The van der Waals surface area contributed by atoms with Gasteiger partial charge in [-0.05, 0) is 6.42 Å². The minimum atomic E-state index is -0.541. The highest BCUT2D eigenvalue weighted by atomic mass is 35.5. The molecule has 0 amide bonds. The van der Waals surface area contributed by atoms with E-state index in [0.717, 1.165) is 19.3 Å². The summed E-state index contributed by atoms with van der Waals surface area (Å²) in [5, 5.41) is 27.1. The lowest BCUT2D eigenvalue weighted by atomic mass is 10.0. The van der Waals surface area contributed by atoms with Gasteiger partial charge in [0, 0.05) is 6.42 Å². The van der Waals surface area contributed by atoms with Gasteiger partial charge in [-0.1, -0.05) is 96.8 Å². The molecule has 0 aliphatic carbocycles. The second-order valence-electron chi connectivity index (χ2n) is 8.31. The fraction of sp³-hybridized carbons (Fsp3) is 1.00. The maximum Gasteiger partial charge on any atom is 0.178 e. The molecule has 0 saturated heterocycles. The largest absolute Gasteiger partial charge is 1.00 e. The third-order valence-electron chi connectivity index (χ3n) is 5.42. The minimum Gasteiger partial charge on any atom is -1.00 e. The van der Waals surface area contributed by atoms with E-state index in [1.54, 1.807) is 0 Å². The summed E-state index contributed by atoms with van der Waals surface area (Å²) in [6.45, 7) is 2.48. The van der Waals surface area contributed by atoms with Crippen LogP contribution in [0.5, 0.6) is 0 Å². The van der Waals surface area contributed by atoms with Crippen molar-refractivity contribution in [3.63, 3.8) is 0 Å². The molecule has 0 aromatic heterocycles. The highest BCUT2D eigenvalue weighted by Crippen LogP contribution is 2.17. The number of rotatable bonds is 26. The molecule has 196 valence electrons. The first-order valence-electron chi connectivity index (χ1n) is 12.9. The van der Waals surface area contributed by atoms with Gasteiger partial charge in [-0.15, -0.1) is 14.5 Å². The number of hydrogen-bond acceptors (Lipinski definition) is 6. The van der Waals surface area contributed by atoms with Crippen LogP contribution in [0, 0.1) is 0 Å². The lowest BCUT2D eigenvalue weighted by Crippen LogP contribution is -3.00. The number of nitrogens with zero attached hydrogens (tertiary/aromatic N) is 1. The zero-order chi connectivity index (χ0) is 22.9. The zero-order valence-corrected chi connectivity index (χ0v) is 21.4. The van der Waals surface area contributed by atoms with Crippen molar-refractivity contribution in [2.75, 3.05) is 46.2 Å². The van der Waals surface area contributed by atoms with Crippen LogP contribution in [0.15, 0.2) is 0 Å². The Kier molecular flexibility index (Phi) is 29.1. The first-order chi connectivity index (χ1) is 15.2. The molecule has 0 rings (SSSR count). The second kappa shape index (κ2) is 27.3. The third-order valence-corrected chi connectivity index (χ3v) is 5.42. The number of aliphatic hydroxyl groups is 3. The van der Waals surface area contributed by atoms with E-state index in [1.807, 2.05) is 0 Å². The third kappa shape index (κ3) is 21.8. The van der Waals surface area contributed by atoms with Crippen LogP contribution in [-0.2, 0) is 14.5 Å². The molecule has 0 heterocycles. The molecule has 0 saturated carbocycles. The summed E-state index contributed by atoms with van der Waals surface area (Å²) in [6.07, 6.45) is 20.8. The number of halogens is 1. The Balaban J connectivity index is 0. The van der Waals surface area contributed by atoms with Crippen molar-refractivity contribution >= 4 is 0 Å². The van der Waals surface area contributed by atoms with Crippen LogP contribution in [0.2, 0.25) is 0 Å². The smallest absolute Gasteiger partial charge is 0.178 e. The average molecular weight is 486 g/mol. The van der Waals surface area contributed by atoms with Gasteiger partial charge in [-0.2, -0.15) is 0 Å². The lowest BCUT2D eigenvalue weighted by molar-refractivity contribution is -1.37. The van der Waals surface area contributed by atoms with E-state index in [-0.39, 0.29) is 52.0 Å². The molecule has 0 aromatic rings. The standard InChI is InChI=1S/C24H52NO6.ClH/c1-2-3-4-5-6-7-8-9-10-11-12-13-14-15-16-17-18-25(29-22-19-26,30-23-20-27)31-24-21-28;/h26-28H,2-24H2,1H3;1H/q+1;/p-1. The first kappa shape index (κ1) is 34.2. The highest BCUT2D eigenvalue weighted by Gasteiger charge is 2.34. The van der Waals surface area contributed by atoms with Crippen LogP contribution in [0.3, 0.4) is 0 Å². The van der Waals surface area contributed by atoms with Gasteiger partial charge in [0.15, 0.2) is 6.54 Å². The molecule has 0 atom stereocenters. The summed E-state index contributed by atoms with van der Waals surface area (Å²) in [7, 11) is 0. The molecule has 7 nitrogen and oxygen atoms in total. The van der Waals surface area contributed by atoms with Crippen molar-refractivity contribution in [2.45, 2.75) is 110 Å². The first-order valence-corrected chi connectivity index (χ1v) is 12.9. The lowest BCUT2D eigenvalue weighted by Gasteiger charge is -2.29. The molecular weight excluding hydrogens is 434 g/mol. The molecule has 0 unspecified atom stereocenters. The maximum atomic E-state index is 9.05. The van der Waals surface area contributed by atoms with E-state index < -0.39 is 4.97 Å². The van der Waals surface area contributed by atoms with Gasteiger partial charge in [0.1, 0.15) is 19.8 Å². The van der Waals surface area contributed by atoms with Crippen molar-refractivity contribution in [1.29, 1.82) is 0 Å². The van der Waals surface area contributed by atoms with E-state index in [2.05, 4.69) is 6.92 Å². The van der Waals surface area contributed by atoms with Crippen molar-refractivity contribution in [3.05, 3.63) is 0 Å². The van der Waals surface area contributed by atoms with Crippen LogP contribution < -0.4 is 12.4 Å². The summed E-state index contributed by atoms with van der Waals surface area (Å²) in [5.74, 6) is 0. The quantitative estimate of drug-likeness (QED) is 0.0984. The second-order valence-corrected chi connectivity index (χ2v) is 8.31. The number of aliphatic hydroxyl groups excluding tert-OH is 3. The number of hydroxylamine groups is 3. The summed E-state index contributed by atoms with van der Waals surface area (Å²) >= 11 is 0. The Morgan fingerprint density at radius 3 is 1.03 bits per heavy atom. The normalized spacial score (nSPS) is 11.6. The molecule has 0 bridgehead atoms. The number of quaternary nitrogens is 1. The topological polar surface area (TPSA) is 88.4 Å². The number of unbranched alkanes of at least 4 members (excludes halogenated alkanes) is 15. The molecule has 0 aliphatic rings. The van der Waals surface area contributed by atoms with Crippen molar-refractivity contribution in [3.8, 4) is 0 Å². The Morgan fingerprint density at radius 2 is 0.750 bits per heavy atom. The van der Waals surface area contributed by atoms with E-state index in [4.69, 9.17) is 29.8 Å². The Bertz CT molecular complexity index is 331. The molecule has 0 aliphatic heterocycles. The van der Waals surface area contributed by atoms with Crippen LogP contribution >= 0.6 is 0 Å². The molecule has 0 aromatic carbocycles. The molecule has 3 N–H and O–H groups in total. The number of hydrogen-bond donors (Lipinski definition) is 3. The summed E-state index contributed by atoms with van der Waals surface area (Å²) < 4.78 is 0. The molecular formula is C24H52ClNO6. The molecule has 8 heteroatoms. The van der Waals surface area contributed by atoms with Crippen molar-refractivity contribution < 1.29 is 47.2 Å². The predicted octanol–water partition coefficient (Wildman–Crippen LogP) is 1.84. The van der Waals surface area contributed by atoms with Crippen LogP contribution in [0.4, 0.5) is 0 Å². The van der Waals surface area contributed by atoms with Crippen LogP contribution in [0.25, 0.3) is 0 Å². The minimum absolute atomic E-state index is 0. The molecule has 0 spiro atoms. The fourth-order valence-electron chi connectivity index (χ4n) is 3.70. The average Bonchev–Trinajstić information content (AvgIpc) is 2.79. The van der Waals surface area contributed by atoms with Gasteiger partial charge in [-0.3, -0.25) is 0 Å². The highest BCUT2D eigenvalue weighted by molar-refractivity contribution is 4.49.